The molecule has 0 aromatic carbocycles. The third kappa shape index (κ3) is 2.93. The number of aliphatic carboxylic acids is 1. The van der Waals surface area contributed by atoms with Gasteiger partial charge in [0.2, 0.25) is 5.91 Å². The van der Waals surface area contributed by atoms with Gasteiger partial charge < -0.3 is 10.4 Å². The summed E-state index contributed by atoms with van der Waals surface area (Å²) in [5.74, 6) is -1.05. The summed E-state index contributed by atoms with van der Waals surface area (Å²) in [6.45, 7) is 2.07. The Morgan fingerprint density at radius 3 is 2.37 bits per heavy atom. The Labute approximate surface area is 115 Å². The van der Waals surface area contributed by atoms with Crippen LogP contribution in [0.5, 0.6) is 0 Å². The van der Waals surface area contributed by atoms with E-state index in [9.17, 15) is 14.7 Å². The molecule has 2 saturated carbocycles. The lowest BCUT2D eigenvalue weighted by Crippen LogP contribution is -2.50. The average Bonchev–Trinajstić information content (AvgIpc) is 2.89. The molecule has 0 aromatic heterocycles. The van der Waals surface area contributed by atoms with Crippen molar-refractivity contribution < 1.29 is 14.7 Å². The summed E-state index contributed by atoms with van der Waals surface area (Å²) in [5, 5.41) is 12.3. The zero-order valence-corrected chi connectivity index (χ0v) is 11.8. The van der Waals surface area contributed by atoms with Crippen molar-refractivity contribution in [1.29, 1.82) is 0 Å². The predicted molar refractivity (Wildman–Crippen MR) is 72.7 cm³/mol. The van der Waals surface area contributed by atoms with E-state index in [4.69, 9.17) is 0 Å². The van der Waals surface area contributed by atoms with Gasteiger partial charge in [-0.1, -0.05) is 32.6 Å². The summed E-state index contributed by atoms with van der Waals surface area (Å²) in [5.41, 5.74) is -0.222. The van der Waals surface area contributed by atoms with Gasteiger partial charge in [-0.15, -0.1) is 0 Å². The number of amides is 1. The van der Waals surface area contributed by atoms with Gasteiger partial charge in [0.05, 0.1) is 5.92 Å². The summed E-state index contributed by atoms with van der Waals surface area (Å²) < 4.78 is 0. The number of nitrogens with one attached hydrogen (secondary N) is 1. The van der Waals surface area contributed by atoms with Crippen molar-refractivity contribution in [2.75, 3.05) is 0 Å². The van der Waals surface area contributed by atoms with Gasteiger partial charge in [-0.25, -0.2) is 0 Å². The Morgan fingerprint density at radius 2 is 1.79 bits per heavy atom. The molecule has 0 radical (unpaired) electrons. The minimum atomic E-state index is -0.762. The summed E-state index contributed by atoms with van der Waals surface area (Å²) >= 11 is 0. The van der Waals surface area contributed by atoms with Crippen LogP contribution < -0.4 is 5.32 Å². The van der Waals surface area contributed by atoms with Crippen LogP contribution in [0.4, 0.5) is 0 Å². The highest BCUT2D eigenvalue weighted by atomic mass is 16.4. The quantitative estimate of drug-likeness (QED) is 0.823. The maximum Gasteiger partial charge on any atom is 0.308 e. The van der Waals surface area contributed by atoms with E-state index in [0.717, 1.165) is 51.4 Å². The molecule has 4 nitrogen and oxygen atoms in total. The van der Waals surface area contributed by atoms with Crippen LogP contribution in [0, 0.1) is 11.3 Å². The Balaban J connectivity index is 2.02. The smallest absolute Gasteiger partial charge is 0.308 e. The molecule has 4 heteroatoms. The van der Waals surface area contributed by atoms with Crippen LogP contribution in [-0.4, -0.2) is 23.0 Å². The number of hydrogen-bond donors (Lipinski definition) is 2. The van der Waals surface area contributed by atoms with Crippen LogP contribution in [0.2, 0.25) is 0 Å². The van der Waals surface area contributed by atoms with Gasteiger partial charge in [-0.3, -0.25) is 9.59 Å². The van der Waals surface area contributed by atoms with Crippen molar-refractivity contribution in [2.45, 2.75) is 70.8 Å². The summed E-state index contributed by atoms with van der Waals surface area (Å²) in [6.07, 6.45) is 8.50. The highest BCUT2D eigenvalue weighted by Crippen LogP contribution is 2.41. The van der Waals surface area contributed by atoms with E-state index in [0.29, 0.717) is 6.42 Å². The molecule has 2 N–H and O–H groups in total. The predicted octanol–water partition coefficient (Wildman–Crippen LogP) is 2.72. The second-order valence-corrected chi connectivity index (χ2v) is 6.15. The van der Waals surface area contributed by atoms with Crippen molar-refractivity contribution in [1.82, 2.24) is 5.32 Å². The van der Waals surface area contributed by atoms with E-state index >= 15 is 0 Å². The second kappa shape index (κ2) is 5.93. The third-order valence-corrected chi connectivity index (χ3v) is 5.12. The second-order valence-electron chi connectivity index (χ2n) is 6.15. The largest absolute Gasteiger partial charge is 0.481 e. The fraction of sp³-hybridized carbons (Fsp3) is 0.867. The van der Waals surface area contributed by atoms with Crippen molar-refractivity contribution >= 4 is 11.9 Å². The Bertz CT molecular complexity index is 347. The highest BCUT2D eigenvalue weighted by molar-refractivity contribution is 5.84. The Hall–Kier alpha value is -1.06. The molecule has 0 bridgehead atoms. The van der Waals surface area contributed by atoms with Crippen molar-refractivity contribution in [2.24, 2.45) is 11.3 Å². The highest BCUT2D eigenvalue weighted by Gasteiger charge is 2.41. The summed E-state index contributed by atoms with van der Waals surface area (Å²) in [4.78, 5) is 23.8. The van der Waals surface area contributed by atoms with Gasteiger partial charge in [0.1, 0.15) is 0 Å². The molecular weight excluding hydrogens is 242 g/mol. The summed E-state index contributed by atoms with van der Waals surface area (Å²) in [6, 6.07) is -0.164. The van der Waals surface area contributed by atoms with Crippen LogP contribution in [0.15, 0.2) is 0 Å². The van der Waals surface area contributed by atoms with Crippen molar-refractivity contribution in [3.63, 3.8) is 0 Å². The van der Waals surface area contributed by atoms with Crippen molar-refractivity contribution in [3.8, 4) is 0 Å². The van der Waals surface area contributed by atoms with Gasteiger partial charge in [0.15, 0.2) is 0 Å². The molecule has 108 valence electrons. The van der Waals surface area contributed by atoms with Gasteiger partial charge in [0, 0.05) is 11.5 Å². The standard InChI is InChI=1S/C15H25NO3/c1-2-15(9-5-6-10-15)14(19)16-12-8-4-3-7-11(12)13(17)18/h11-12H,2-10H2,1H3,(H,16,19)(H,17,18). The SMILES string of the molecule is CCC1(C(=O)NC2CCCCC2C(=O)O)CCCC1. The fourth-order valence-corrected chi connectivity index (χ4v) is 3.71. The molecule has 2 aliphatic carbocycles. The van der Waals surface area contributed by atoms with Gasteiger partial charge in [-0.05, 0) is 32.1 Å². The number of hydrogen-bond acceptors (Lipinski definition) is 2. The topological polar surface area (TPSA) is 66.4 Å². The normalized spacial score (nSPS) is 29.9. The molecule has 2 rings (SSSR count). The van der Waals surface area contributed by atoms with Crippen LogP contribution in [0.3, 0.4) is 0 Å². The Morgan fingerprint density at radius 1 is 1.16 bits per heavy atom. The first kappa shape index (κ1) is 14.4. The van der Waals surface area contributed by atoms with Crippen LogP contribution in [0.1, 0.15) is 64.7 Å². The molecule has 0 spiro atoms. The minimum absolute atomic E-state index is 0.102. The lowest BCUT2D eigenvalue weighted by Gasteiger charge is -2.34. The lowest BCUT2D eigenvalue weighted by molar-refractivity contribution is -0.144. The van der Waals surface area contributed by atoms with Crippen molar-refractivity contribution in [3.05, 3.63) is 0 Å². The maximum atomic E-state index is 12.5. The molecule has 2 fully saturated rings. The van der Waals surface area contributed by atoms with E-state index in [-0.39, 0.29) is 17.4 Å². The zero-order valence-electron chi connectivity index (χ0n) is 11.8. The zero-order chi connectivity index (χ0) is 13.9. The van der Waals surface area contributed by atoms with E-state index in [1.165, 1.54) is 0 Å². The first-order valence-electron chi connectivity index (χ1n) is 7.63. The molecule has 0 heterocycles. The molecule has 19 heavy (non-hydrogen) atoms. The number of rotatable bonds is 4. The molecule has 0 aromatic rings. The summed E-state index contributed by atoms with van der Waals surface area (Å²) in [7, 11) is 0. The molecule has 0 saturated heterocycles. The monoisotopic (exact) mass is 267 g/mol. The van der Waals surface area contributed by atoms with Gasteiger partial charge in [0.25, 0.3) is 0 Å². The number of carbonyl (C=O) groups excluding carboxylic acids is 1. The van der Waals surface area contributed by atoms with Crippen LogP contribution in [0.25, 0.3) is 0 Å². The molecule has 1 amide bonds. The molecular formula is C15H25NO3. The van der Waals surface area contributed by atoms with E-state index in [1.807, 2.05) is 0 Å². The van der Waals surface area contributed by atoms with Crippen LogP contribution in [-0.2, 0) is 9.59 Å². The van der Waals surface area contributed by atoms with Crippen LogP contribution >= 0.6 is 0 Å². The Kier molecular flexibility index (Phi) is 4.48. The molecule has 0 aliphatic heterocycles. The number of carbonyl (C=O) groups is 2. The fourth-order valence-electron chi connectivity index (χ4n) is 3.71. The number of carboxylic acid groups (broad SMARTS) is 1. The van der Waals surface area contributed by atoms with E-state index < -0.39 is 11.9 Å². The van der Waals surface area contributed by atoms with E-state index in [2.05, 4.69) is 12.2 Å². The minimum Gasteiger partial charge on any atom is -0.481 e. The number of carboxylic acids is 1. The molecule has 2 unspecified atom stereocenters. The maximum absolute atomic E-state index is 12.5. The van der Waals surface area contributed by atoms with Gasteiger partial charge in [-0.2, -0.15) is 0 Å². The first-order valence-corrected chi connectivity index (χ1v) is 7.63. The van der Waals surface area contributed by atoms with E-state index in [1.54, 1.807) is 0 Å². The first-order chi connectivity index (χ1) is 9.09. The average molecular weight is 267 g/mol. The van der Waals surface area contributed by atoms with Gasteiger partial charge >= 0.3 is 5.97 Å². The molecule has 2 atom stereocenters. The third-order valence-electron chi connectivity index (χ3n) is 5.12. The lowest BCUT2D eigenvalue weighted by atomic mass is 9.80. The molecule has 2 aliphatic rings.